The molecule has 0 aliphatic carbocycles. The number of anilines is 1. The molecule has 3 aromatic carbocycles. The molecule has 1 aliphatic heterocycles. The zero-order valence-corrected chi connectivity index (χ0v) is 22.6. The number of Topliss-reactive ketones (excluding diaryl/α,β-unsaturated/α-hetero) is 1. The molecular weight excluding hydrogens is 584 g/mol. The molecule has 4 rings (SSSR count). The van der Waals surface area contributed by atoms with Crippen LogP contribution < -0.4 is 10.7 Å². The smallest absolute Gasteiger partial charge is 0.339 e. The van der Waals surface area contributed by atoms with Crippen LogP contribution in [0.5, 0.6) is 0 Å². The lowest BCUT2D eigenvalue weighted by molar-refractivity contribution is -0.110. The van der Waals surface area contributed by atoms with Crippen molar-refractivity contribution >= 4 is 87.1 Å². The van der Waals surface area contributed by atoms with Crippen LogP contribution in [0.1, 0.15) is 32.4 Å². The molecule has 0 radical (unpaired) electrons. The molecule has 1 heterocycles. The van der Waals surface area contributed by atoms with Gasteiger partial charge in [-0.15, -0.1) is 0 Å². The Morgan fingerprint density at radius 3 is 2.27 bits per heavy atom. The van der Waals surface area contributed by atoms with Crippen LogP contribution in [0.25, 0.3) is 0 Å². The molecule has 0 bridgehead atoms. The van der Waals surface area contributed by atoms with Gasteiger partial charge in [-0.3, -0.25) is 9.59 Å². The number of benzene rings is 3. The number of ether oxygens (including phenoxy) is 1. The number of nitrogens with one attached hydrogen (secondary N) is 2. The van der Waals surface area contributed by atoms with Gasteiger partial charge in [0.15, 0.2) is 5.78 Å². The molecule has 0 spiro atoms. The van der Waals surface area contributed by atoms with E-state index in [2.05, 4.69) is 15.8 Å². The predicted molar refractivity (Wildman–Crippen MR) is 145 cm³/mol. The highest BCUT2D eigenvalue weighted by atomic mass is 35.5. The monoisotopic (exact) mass is 597 g/mol. The summed E-state index contributed by atoms with van der Waals surface area (Å²) < 4.78 is 5.60. The number of hydrazone groups is 1. The van der Waals surface area contributed by atoms with Gasteiger partial charge in [-0.25, -0.2) is 4.79 Å². The van der Waals surface area contributed by atoms with Gasteiger partial charge >= 0.3 is 5.97 Å². The van der Waals surface area contributed by atoms with Gasteiger partial charge in [-0.1, -0.05) is 76.2 Å². The van der Waals surface area contributed by atoms with Crippen molar-refractivity contribution in [2.45, 2.75) is 6.10 Å². The van der Waals surface area contributed by atoms with E-state index in [0.29, 0.717) is 5.56 Å². The average molecular weight is 600 g/mol. The van der Waals surface area contributed by atoms with Crippen LogP contribution in [0.4, 0.5) is 5.69 Å². The van der Waals surface area contributed by atoms with Crippen LogP contribution >= 0.6 is 58.0 Å². The molecule has 2 N–H and O–H groups in total. The molecule has 37 heavy (non-hydrogen) atoms. The predicted octanol–water partition coefficient (Wildman–Crippen LogP) is 6.88. The number of hydrogen-bond acceptors (Lipinski definition) is 6. The number of esters is 1. The Hall–Kier alpha value is -2.81. The number of ketones is 1. The van der Waals surface area contributed by atoms with Crippen molar-refractivity contribution in [3.8, 4) is 0 Å². The van der Waals surface area contributed by atoms with Gasteiger partial charge in [0.05, 0.1) is 36.4 Å². The summed E-state index contributed by atoms with van der Waals surface area (Å²) >= 11 is 30.5. The number of nitrogens with zero attached hydrogens (tertiary/aromatic N) is 1. The number of amides is 1. The molecule has 3 aromatic rings. The molecule has 2 atom stereocenters. The van der Waals surface area contributed by atoms with E-state index in [0.717, 1.165) is 0 Å². The quantitative estimate of drug-likeness (QED) is 0.102. The van der Waals surface area contributed by atoms with E-state index in [-0.39, 0.29) is 47.6 Å². The summed E-state index contributed by atoms with van der Waals surface area (Å²) in [7, 11) is 1.45. The Kier molecular flexibility index (Phi) is 8.31. The highest BCUT2D eigenvalue weighted by Crippen LogP contribution is 2.39. The maximum atomic E-state index is 13.9. The Morgan fingerprint density at radius 1 is 0.892 bits per heavy atom. The van der Waals surface area contributed by atoms with Gasteiger partial charge < -0.3 is 15.5 Å². The van der Waals surface area contributed by atoms with Crippen molar-refractivity contribution in [3.05, 3.63) is 96.4 Å². The summed E-state index contributed by atoms with van der Waals surface area (Å²) in [4.78, 5) is 40.1. The van der Waals surface area contributed by atoms with Crippen molar-refractivity contribution in [2.75, 3.05) is 12.4 Å². The third-order valence-electron chi connectivity index (χ3n) is 5.53. The number of fused-ring (bicyclic) bond motifs is 1. The lowest BCUT2D eigenvalue weighted by atomic mass is 9.84. The van der Waals surface area contributed by atoms with Gasteiger partial charge in [0.2, 0.25) is 0 Å². The molecule has 7 nitrogen and oxygen atoms in total. The number of halogens is 5. The van der Waals surface area contributed by atoms with Crippen molar-refractivity contribution < 1.29 is 19.1 Å². The first-order chi connectivity index (χ1) is 17.6. The fraction of sp³-hybridized carbons (Fsp3) is 0.120. The lowest BCUT2D eigenvalue weighted by Gasteiger charge is -2.24. The molecular formula is C25H16Cl5N3O4. The third kappa shape index (κ3) is 5.56. The molecule has 1 amide bonds. The molecule has 0 saturated carbocycles. The van der Waals surface area contributed by atoms with Crippen molar-refractivity contribution in [1.82, 2.24) is 5.43 Å². The summed E-state index contributed by atoms with van der Waals surface area (Å²) in [6.45, 7) is 0. The summed E-state index contributed by atoms with van der Waals surface area (Å²) in [5.74, 6) is -3.39. The van der Waals surface area contributed by atoms with E-state index in [9.17, 15) is 14.4 Å². The minimum absolute atomic E-state index is 0.108. The van der Waals surface area contributed by atoms with E-state index in [1.807, 2.05) is 0 Å². The van der Waals surface area contributed by atoms with Crippen LogP contribution in [0, 0.1) is 5.92 Å². The first-order valence-electron chi connectivity index (χ1n) is 10.6. The highest BCUT2D eigenvalue weighted by molar-refractivity contribution is 6.49. The van der Waals surface area contributed by atoms with Crippen LogP contribution in [-0.4, -0.2) is 30.4 Å². The van der Waals surface area contributed by atoms with Crippen molar-refractivity contribution in [2.24, 2.45) is 11.0 Å². The summed E-state index contributed by atoms with van der Waals surface area (Å²) in [6.07, 6.45) is -1.16. The molecule has 0 fully saturated rings. The third-order valence-corrected chi connectivity index (χ3v) is 7.30. The van der Waals surface area contributed by atoms with Gasteiger partial charge in [-0.05, 0) is 36.4 Å². The highest BCUT2D eigenvalue weighted by Gasteiger charge is 2.45. The minimum Gasteiger partial charge on any atom is -0.453 e. The van der Waals surface area contributed by atoms with E-state index in [1.54, 1.807) is 24.3 Å². The Bertz CT molecular complexity index is 1460. The molecule has 12 heteroatoms. The largest absolute Gasteiger partial charge is 0.453 e. The van der Waals surface area contributed by atoms with E-state index in [4.69, 9.17) is 62.7 Å². The van der Waals surface area contributed by atoms with Gasteiger partial charge in [0, 0.05) is 18.2 Å². The maximum absolute atomic E-state index is 13.9. The first-order valence-corrected chi connectivity index (χ1v) is 12.5. The fourth-order valence-corrected chi connectivity index (χ4v) is 4.73. The molecule has 0 unspecified atom stereocenters. The van der Waals surface area contributed by atoms with Crippen LogP contribution in [0.15, 0.2) is 59.7 Å². The number of hydrogen-bond donors (Lipinski definition) is 2. The zero-order chi connectivity index (χ0) is 26.9. The van der Waals surface area contributed by atoms with E-state index >= 15 is 0 Å². The molecule has 0 saturated heterocycles. The molecule has 0 aromatic heterocycles. The maximum Gasteiger partial charge on any atom is 0.339 e. The minimum atomic E-state index is -1.38. The number of cyclic esters (lactones) is 1. The summed E-state index contributed by atoms with van der Waals surface area (Å²) in [5.41, 5.74) is 3.22. The first kappa shape index (κ1) is 27.2. The van der Waals surface area contributed by atoms with Crippen molar-refractivity contribution in [3.63, 3.8) is 0 Å². The normalized spacial score (nSPS) is 15.6. The summed E-state index contributed by atoms with van der Waals surface area (Å²) in [6, 6.07) is 13.6. The Morgan fingerprint density at radius 2 is 1.57 bits per heavy atom. The Balaban J connectivity index is 1.82. The van der Waals surface area contributed by atoms with Gasteiger partial charge in [-0.2, -0.15) is 5.10 Å². The number of carbonyl (C=O) groups excluding carboxylic acids is 3. The van der Waals surface area contributed by atoms with Crippen LogP contribution in [-0.2, 0) is 9.53 Å². The SMILES string of the molecule is CN/N=C(\C(=O)Nc1cc(Cl)c(Cl)cc1Cl)[C@H](C(=O)c1ccc(Cl)c(Cl)c1)[C@@H]1OC(=O)c2ccccc21. The second kappa shape index (κ2) is 11.3. The van der Waals surface area contributed by atoms with E-state index in [1.165, 1.54) is 37.4 Å². The topological polar surface area (TPSA) is 96.9 Å². The fourth-order valence-electron chi connectivity index (χ4n) is 3.84. The Labute approximate surface area is 236 Å². The van der Waals surface area contributed by atoms with Gasteiger partial charge in [0.25, 0.3) is 5.91 Å². The second-order valence-corrected chi connectivity index (χ2v) is 9.84. The average Bonchev–Trinajstić information content (AvgIpc) is 3.20. The van der Waals surface area contributed by atoms with Crippen LogP contribution in [0.3, 0.4) is 0 Å². The van der Waals surface area contributed by atoms with E-state index < -0.39 is 29.7 Å². The zero-order valence-electron chi connectivity index (χ0n) is 18.8. The second-order valence-electron chi connectivity index (χ2n) is 7.80. The molecule has 190 valence electrons. The number of carbonyl (C=O) groups is 3. The van der Waals surface area contributed by atoms with Crippen LogP contribution in [0.2, 0.25) is 25.1 Å². The van der Waals surface area contributed by atoms with Gasteiger partial charge in [0.1, 0.15) is 17.7 Å². The summed E-state index contributed by atoms with van der Waals surface area (Å²) in [5, 5.41) is 7.53. The number of rotatable bonds is 7. The molecule has 1 aliphatic rings. The standard InChI is InChI=1S/C25H16Cl5N3O4/c1-31-33-21(24(35)32-19-10-17(29)16(28)9-18(19)30)20(22(34)11-6-7-14(26)15(27)8-11)23-12-4-2-3-5-13(12)25(36)37-23/h2-10,20,23,31H,1H3,(H,32,35)/b33-21-/t20-,23-/m1/s1. The lowest BCUT2D eigenvalue weighted by Crippen LogP contribution is -2.39. The van der Waals surface area contributed by atoms with Crippen molar-refractivity contribution in [1.29, 1.82) is 0 Å².